The van der Waals surface area contributed by atoms with Gasteiger partial charge in [0.15, 0.2) is 11.5 Å². The highest BCUT2D eigenvalue weighted by atomic mass is 35.5. The Balaban J connectivity index is 0.00000104. The lowest BCUT2D eigenvalue weighted by atomic mass is 9.97. The maximum Gasteiger partial charge on any atom is 0.231 e. The molecule has 2 aliphatic heterocycles. The highest BCUT2D eigenvalue weighted by Crippen LogP contribution is 2.36. The summed E-state index contributed by atoms with van der Waals surface area (Å²) in [6.07, 6.45) is 7.46. The second-order valence-electron chi connectivity index (χ2n) is 5.96. The van der Waals surface area contributed by atoms with Gasteiger partial charge >= 0.3 is 0 Å². The third-order valence-electron chi connectivity index (χ3n) is 4.65. The predicted molar refractivity (Wildman–Crippen MR) is 98.6 cm³/mol. The molecule has 1 N–H and O–H groups in total. The Bertz CT molecular complexity index is 678. The van der Waals surface area contributed by atoms with Gasteiger partial charge in [0.2, 0.25) is 6.79 Å². The molecule has 1 aromatic carbocycles. The van der Waals surface area contributed by atoms with Gasteiger partial charge < -0.3 is 19.4 Å². The number of imidazole rings is 1. The van der Waals surface area contributed by atoms with Crippen molar-refractivity contribution >= 4 is 24.8 Å². The second kappa shape index (κ2) is 8.10. The molecule has 2 aromatic rings. The summed E-state index contributed by atoms with van der Waals surface area (Å²) >= 11 is 0. The predicted octanol–water partition coefficient (Wildman–Crippen LogP) is 3.83. The number of nitrogens with one attached hydrogen (secondary N) is 1. The molecule has 7 heteroatoms. The molecule has 2 aliphatic rings. The number of rotatable bonds is 3. The highest BCUT2D eigenvalue weighted by molar-refractivity contribution is 5.85. The molecule has 24 heavy (non-hydrogen) atoms. The van der Waals surface area contributed by atoms with Crippen LogP contribution in [0.15, 0.2) is 30.6 Å². The number of benzene rings is 1. The van der Waals surface area contributed by atoms with Crippen LogP contribution in [0.25, 0.3) is 11.4 Å². The molecule has 0 bridgehead atoms. The van der Waals surface area contributed by atoms with Crippen LogP contribution in [-0.4, -0.2) is 28.9 Å². The summed E-state index contributed by atoms with van der Waals surface area (Å²) in [6.45, 7) is 3.62. The van der Waals surface area contributed by atoms with Gasteiger partial charge in [0, 0.05) is 30.0 Å². The van der Waals surface area contributed by atoms with Gasteiger partial charge in [-0.3, -0.25) is 0 Å². The first kappa shape index (κ1) is 18.9. The van der Waals surface area contributed by atoms with E-state index in [1.165, 1.54) is 6.42 Å². The summed E-state index contributed by atoms with van der Waals surface area (Å²) < 4.78 is 13.2. The summed E-state index contributed by atoms with van der Waals surface area (Å²) in [4.78, 5) is 4.58. The minimum atomic E-state index is 0. The van der Waals surface area contributed by atoms with Crippen LogP contribution < -0.4 is 14.8 Å². The largest absolute Gasteiger partial charge is 0.454 e. The van der Waals surface area contributed by atoms with Crippen molar-refractivity contribution in [3.05, 3.63) is 30.6 Å². The quantitative estimate of drug-likeness (QED) is 0.890. The Morgan fingerprint density at radius 3 is 2.92 bits per heavy atom. The Kier molecular flexibility index (Phi) is 6.38. The van der Waals surface area contributed by atoms with Gasteiger partial charge in [-0.05, 0) is 44.0 Å². The molecule has 0 unspecified atom stereocenters. The zero-order valence-corrected chi connectivity index (χ0v) is 15.2. The summed E-state index contributed by atoms with van der Waals surface area (Å²) in [5, 5.41) is 3.58. The number of halogens is 2. The van der Waals surface area contributed by atoms with Crippen molar-refractivity contribution in [1.82, 2.24) is 14.9 Å². The fraction of sp³-hybridized carbons (Fsp3) is 0.471. The van der Waals surface area contributed by atoms with Crippen LogP contribution >= 0.6 is 24.8 Å². The van der Waals surface area contributed by atoms with E-state index in [9.17, 15) is 0 Å². The van der Waals surface area contributed by atoms with Crippen molar-refractivity contribution in [3.8, 4) is 22.9 Å². The van der Waals surface area contributed by atoms with Crippen molar-refractivity contribution in [1.29, 1.82) is 0 Å². The van der Waals surface area contributed by atoms with Crippen molar-refractivity contribution in [3.63, 3.8) is 0 Å². The van der Waals surface area contributed by atoms with E-state index in [0.29, 0.717) is 18.9 Å². The normalized spacial score (nSPS) is 21.7. The van der Waals surface area contributed by atoms with Crippen LogP contribution in [0.1, 0.15) is 32.2 Å². The van der Waals surface area contributed by atoms with E-state index in [-0.39, 0.29) is 24.8 Å². The molecule has 1 fully saturated rings. The van der Waals surface area contributed by atoms with E-state index < -0.39 is 0 Å². The third kappa shape index (κ3) is 3.48. The van der Waals surface area contributed by atoms with Crippen molar-refractivity contribution < 1.29 is 9.47 Å². The maximum absolute atomic E-state index is 5.49. The Hall–Kier alpha value is -1.43. The zero-order valence-electron chi connectivity index (χ0n) is 13.6. The van der Waals surface area contributed by atoms with Crippen LogP contribution in [0.2, 0.25) is 0 Å². The van der Waals surface area contributed by atoms with E-state index in [0.717, 1.165) is 42.3 Å². The van der Waals surface area contributed by atoms with Gasteiger partial charge in [-0.15, -0.1) is 24.8 Å². The summed E-state index contributed by atoms with van der Waals surface area (Å²) in [7, 11) is 0. The smallest absolute Gasteiger partial charge is 0.231 e. The van der Waals surface area contributed by atoms with Crippen LogP contribution in [0.5, 0.6) is 11.5 Å². The number of piperidine rings is 1. The monoisotopic (exact) mass is 371 g/mol. The number of nitrogens with zero attached hydrogens (tertiary/aromatic N) is 2. The minimum Gasteiger partial charge on any atom is -0.454 e. The number of ether oxygens (including phenoxy) is 2. The average molecular weight is 372 g/mol. The molecule has 4 rings (SSSR count). The van der Waals surface area contributed by atoms with E-state index in [2.05, 4.69) is 34.1 Å². The van der Waals surface area contributed by atoms with E-state index in [1.807, 2.05) is 18.3 Å². The SMILES string of the molecule is CC[C@H]1C[C@H](n2ccnc2-c2ccc3c(c2)OCO3)CCN1.Cl.Cl. The molecule has 1 saturated heterocycles. The van der Waals surface area contributed by atoms with Gasteiger partial charge in [-0.25, -0.2) is 4.98 Å². The second-order valence-corrected chi connectivity index (χ2v) is 5.96. The molecular formula is C17H23Cl2N3O2. The molecule has 1 aromatic heterocycles. The molecule has 0 radical (unpaired) electrons. The summed E-state index contributed by atoms with van der Waals surface area (Å²) in [5.74, 6) is 2.64. The summed E-state index contributed by atoms with van der Waals surface area (Å²) in [5.41, 5.74) is 1.08. The topological polar surface area (TPSA) is 48.3 Å². The highest BCUT2D eigenvalue weighted by Gasteiger charge is 2.24. The third-order valence-corrected chi connectivity index (χ3v) is 4.65. The zero-order chi connectivity index (χ0) is 14.9. The molecule has 5 nitrogen and oxygen atoms in total. The van der Waals surface area contributed by atoms with Crippen LogP contribution in [0.3, 0.4) is 0 Å². The van der Waals surface area contributed by atoms with E-state index in [1.54, 1.807) is 0 Å². The molecule has 132 valence electrons. The van der Waals surface area contributed by atoms with E-state index >= 15 is 0 Å². The fourth-order valence-electron chi connectivity index (χ4n) is 3.41. The van der Waals surface area contributed by atoms with Crippen molar-refractivity contribution in [2.24, 2.45) is 0 Å². The lowest BCUT2D eigenvalue weighted by molar-refractivity contribution is 0.174. The lowest BCUT2D eigenvalue weighted by Gasteiger charge is -2.31. The van der Waals surface area contributed by atoms with Gasteiger partial charge in [-0.2, -0.15) is 0 Å². The summed E-state index contributed by atoms with van der Waals surface area (Å²) in [6, 6.07) is 7.16. The molecular weight excluding hydrogens is 349 g/mol. The van der Waals surface area contributed by atoms with Crippen molar-refractivity contribution in [2.45, 2.75) is 38.3 Å². The number of aromatic nitrogens is 2. The molecule has 0 saturated carbocycles. The van der Waals surface area contributed by atoms with Gasteiger partial charge in [0.1, 0.15) is 5.82 Å². The Morgan fingerprint density at radius 2 is 2.08 bits per heavy atom. The van der Waals surface area contributed by atoms with Gasteiger partial charge in [0.05, 0.1) is 0 Å². The Labute approximate surface area is 154 Å². The lowest BCUT2D eigenvalue weighted by Crippen LogP contribution is -2.38. The Morgan fingerprint density at radius 1 is 1.25 bits per heavy atom. The molecule has 0 aliphatic carbocycles. The number of fused-ring (bicyclic) bond motifs is 1. The first-order valence-electron chi connectivity index (χ1n) is 8.01. The molecule has 0 spiro atoms. The number of hydrogen-bond donors (Lipinski definition) is 1. The van der Waals surface area contributed by atoms with Crippen LogP contribution in [0, 0.1) is 0 Å². The van der Waals surface area contributed by atoms with Gasteiger partial charge in [0.25, 0.3) is 0 Å². The molecule has 3 heterocycles. The fourth-order valence-corrected chi connectivity index (χ4v) is 3.41. The first-order chi connectivity index (χ1) is 10.8. The van der Waals surface area contributed by atoms with Gasteiger partial charge in [-0.1, -0.05) is 6.92 Å². The average Bonchev–Trinajstić information content (AvgIpc) is 3.23. The first-order valence-corrected chi connectivity index (χ1v) is 8.01. The molecule has 0 amide bonds. The standard InChI is InChI=1S/C17H21N3O2.2ClH/c1-2-13-10-14(5-6-18-13)20-8-7-19-17(20)12-3-4-15-16(9-12)22-11-21-15;;/h3-4,7-9,13-14,18H,2,5-6,10-11H2,1H3;2*1H/t13-,14+;;/m0../s1. The van der Waals surface area contributed by atoms with E-state index in [4.69, 9.17) is 9.47 Å². The number of hydrogen-bond acceptors (Lipinski definition) is 4. The van der Waals surface area contributed by atoms with Crippen LogP contribution in [0.4, 0.5) is 0 Å². The van der Waals surface area contributed by atoms with Crippen molar-refractivity contribution in [2.75, 3.05) is 13.3 Å². The minimum absolute atomic E-state index is 0. The maximum atomic E-state index is 5.49. The molecule has 2 atom stereocenters. The van der Waals surface area contributed by atoms with Crippen LogP contribution in [-0.2, 0) is 0 Å².